The van der Waals surface area contributed by atoms with E-state index >= 15 is 0 Å². The van der Waals surface area contributed by atoms with Crippen molar-refractivity contribution in [3.05, 3.63) is 18.2 Å². The van der Waals surface area contributed by atoms with E-state index in [-0.39, 0.29) is 0 Å². The summed E-state index contributed by atoms with van der Waals surface area (Å²) in [5.74, 6) is 0.915. The van der Waals surface area contributed by atoms with Crippen LogP contribution in [0.1, 0.15) is 26.1 Å². The third-order valence-corrected chi connectivity index (χ3v) is 2.39. The lowest BCUT2D eigenvalue weighted by Crippen LogP contribution is -2.40. The molecule has 1 unspecified atom stereocenters. The number of nitrogens with one attached hydrogen (secondary N) is 1. The fourth-order valence-electron chi connectivity index (χ4n) is 1.50. The van der Waals surface area contributed by atoms with E-state index in [2.05, 4.69) is 17.2 Å². The van der Waals surface area contributed by atoms with Gasteiger partial charge in [-0.3, -0.25) is 0 Å². The normalized spacial score (nSPS) is 15.2. The zero-order chi connectivity index (χ0) is 11.3. The minimum Gasteiger partial charge on any atom is -0.388 e. The number of rotatable bonds is 6. The second kappa shape index (κ2) is 5.28. The number of nitrogens with zero attached hydrogens (tertiary/aromatic N) is 2. The van der Waals surface area contributed by atoms with Crippen LogP contribution in [-0.4, -0.2) is 33.3 Å². The van der Waals surface area contributed by atoms with Gasteiger partial charge in [-0.1, -0.05) is 6.92 Å². The monoisotopic (exact) mass is 211 g/mol. The average Bonchev–Trinajstić information content (AvgIpc) is 2.51. The van der Waals surface area contributed by atoms with Gasteiger partial charge in [0.15, 0.2) is 0 Å². The third-order valence-electron chi connectivity index (χ3n) is 2.39. The maximum absolute atomic E-state index is 10.1. The molecule has 0 aliphatic rings. The first-order valence-corrected chi connectivity index (χ1v) is 5.44. The van der Waals surface area contributed by atoms with Crippen molar-refractivity contribution < 1.29 is 5.11 Å². The Morgan fingerprint density at radius 1 is 1.60 bits per heavy atom. The summed E-state index contributed by atoms with van der Waals surface area (Å²) in [5.41, 5.74) is -0.728. The molecule has 0 radical (unpaired) electrons. The van der Waals surface area contributed by atoms with Gasteiger partial charge in [-0.15, -0.1) is 0 Å². The van der Waals surface area contributed by atoms with Crippen LogP contribution < -0.4 is 5.32 Å². The maximum atomic E-state index is 10.1. The van der Waals surface area contributed by atoms with Crippen LogP contribution in [0.15, 0.2) is 12.4 Å². The lowest BCUT2D eigenvalue weighted by molar-refractivity contribution is 0.0577. The Balaban J connectivity index is 2.45. The van der Waals surface area contributed by atoms with Crippen LogP contribution in [0.3, 0.4) is 0 Å². The van der Waals surface area contributed by atoms with Crippen LogP contribution >= 0.6 is 0 Å². The van der Waals surface area contributed by atoms with Gasteiger partial charge < -0.3 is 15.0 Å². The van der Waals surface area contributed by atoms with Crippen LogP contribution in [0.2, 0.25) is 0 Å². The Morgan fingerprint density at radius 2 is 2.33 bits per heavy atom. The van der Waals surface area contributed by atoms with Crippen LogP contribution in [0.5, 0.6) is 0 Å². The van der Waals surface area contributed by atoms with E-state index in [1.165, 1.54) is 0 Å². The first-order chi connectivity index (χ1) is 7.05. The van der Waals surface area contributed by atoms with Gasteiger partial charge >= 0.3 is 0 Å². The van der Waals surface area contributed by atoms with Crippen LogP contribution in [0, 0.1) is 0 Å². The van der Waals surface area contributed by atoms with Crippen molar-refractivity contribution in [3.63, 3.8) is 0 Å². The van der Waals surface area contributed by atoms with Gasteiger partial charge in [0.2, 0.25) is 0 Å². The molecule has 1 aromatic heterocycles. The molecule has 4 heteroatoms. The molecule has 4 nitrogen and oxygen atoms in total. The number of hydrogen-bond donors (Lipinski definition) is 2. The molecule has 86 valence electrons. The van der Waals surface area contributed by atoms with Crippen LogP contribution in [0.4, 0.5) is 0 Å². The average molecular weight is 211 g/mol. The summed E-state index contributed by atoms with van der Waals surface area (Å²) in [6.07, 6.45) is 5.31. The summed E-state index contributed by atoms with van der Waals surface area (Å²) >= 11 is 0. The highest BCUT2D eigenvalue weighted by Crippen LogP contribution is 2.10. The minimum atomic E-state index is -0.728. The summed E-state index contributed by atoms with van der Waals surface area (Å²) in [4.78, 5) is 4.20. The zero-order valence-electron chi connectivity index (χ0n) is 9.82. The second-order valence-corrected chi connectivity index (χ2v) is 4.30. The van der Waals surface area contributed by atoms with Crippen molar-refractivity contribution in [1.82, 2.24) is 14.9 Å². The summed E-state index contributed by atoms with van der Waals surface area (Å²) in [6, 6.07) is 0. The third kappa shape index (κ3) is 4.01. The number of aryl methyl sites for hydroxylation is 1. The SMILES string of the molecule is CCCNCC(C)(O)Cc1nccn1C. The van der Waals surface area contributed by atoms with Gasteiger partial charge in [0, 0.05) is 32.4 Å². The number of imidazole rings is 1. The highest BCUT2D eigenvalue weighted by molar-refractivity contribution is 4.97. The zero-order valence-corrected chi connectivity index (χ0v) is 9.82. The van der Waals surface area contributed by atoms with E-state index in [4.69, 9.17) is 0 Å². The van der Waals surface area contributed by atoms with E-state index in [0.717, 1.165) is 18.8 Å². The van der Waals surface area contributed by atoms with E-state index in [1.807, 2.05) is 24.7 Å². The van der Waals surface area contributed by atoms with E-state index in [1.54, 1.807) is 6.20 Å². The summed E-state index contributed by atoms with van der Waals surface area (Å²) in [7, 11) is 1.94. The Morgan fingerprint density at radius 3 is 2.87 bits per heavy atom. The van der Waals surface area contributed by atoms with Gasteiger partial charge in [0.05, 0.1) is 5.60 Å². The molecule has 1 rings (SSSR count). The summed E-state index contributed by atoms with van der Waals surface area (Å²) < 4.78 is 1.94. The maximum Gasteiger partial charge on any atom is 0.111 e. The quantitative estimate of drug-likeness (QED) is 0.681. The molecule has 15 heavy (non-hydrogen) atoms. The van der Waals surface area contributed by atoms with Gasteiger partial charge in [-0.25, -0.2) is 4.98 Å². The molecular weight excluding hydrogens is 190 g/mol. The first-order valence-electron chi connectivity index (χ1n) is 5.44. The Hall–Kier alpha value is -0.870. The predicted molar refractivity (Wildman–Crippen MR) is 60.7 cm³/mol. The predicted octanol–water partition coefficient (Wildman–Crippen LogP) is 0.713. The van der Waals surface area contributed by atoms with Crippen molar-refractivity contribution in [1.29, 1.82) is 0 Å². The fraction of sp³-hybridized carbons (Fsp3) is 0.727. The molecule has 0 bridgehead atoms. The highest BCUT2D eigenvalue weighted by atomic mass is 16.3. The molecule has 0 aliphatic heterocycles. The number of aromatic nitrogens is 2. The van der Waals surface area contributed by atoms with E-state index in [0.29, 0.717) is 13.0 Å². The molecular formula is C11H21N3O. The molecule has 2 N–H and O–H groups in total. The van der Waals surface area contributed by atoms with Crippen molar-refractivity contribution in [3.8, 4) is 0 Å². The van der Waals surface area contributed by atoms with Crippen molar-refractivity contribution in [2.45, 2.75) is 32.3 Å². The molecule has 0 aliphatic carbocycles. The molecule has 0 spiro atoms. The Bertz CT molecular complexity index is 294. The molecule has 0 amide bonds. The summed E-state index contributed by atoms with van der Waals surface area (Å²) in [5, 5.41) is 13.3. The fourth-order valence-corrected chi connectivity index (χ4v) is 1.50. The van der Waals surface area contributed by atoms with E-state index < -0.39 is 5.60 Å². The van der Waals surface area contributed by atoms with Gasteiger partial charge in [0.1, 0.15) is 5.82 Å². The standard InChI is InChI=1S/C11H21N3O/c1-4-5-12-9-11(2,15)8-10-13-6-7-14(10)3/h6-7,12,15H,4-5,8-9H2,1-3H3. The van der Waals surface area contributed by atoms with Crippen molar-refractivity contribution in [2.75, 3.05) is 13.1 Å². The molecule has 0 fully saturated rings. The van der Waals surface area contributed by atoms with Crippen molar-refractivity contribution >= 4 is 0 Å². The smallest absolute Gasteiger partial charge is 0.111 e. The van der Waals surface area contributed by atoms with Gasteiger partial charge in [-0.2, -0.15) is 0 Å². The molecule has 0 aromatic carbocycles. The molecule has 1 atom stereocenters. The molecule has 0 saturated carbocycles. The second-order valence-electron chi connectivity index (χ2n) is 4.30. The van der Waals surface area contributed by atoms with Crippen LogP contribution in [0.25, 0.3) is 0 Å². The van der Waals surface area contributed by atoms with Gasteiger partial charge in [0.25, 0.3) is 0 Å². The first kappa shape index (κ1) is 12.2. The van der Waals surface area contributed by atoms with Crippen molar-refractivity contribution in [2.24, 2.45) is 7.05 Å². The highest BCUT2D eigenvalue weighted by Gasteiger charge is 2.22. The lowest BCUT2D eigenvalue weighted by atomic mass is 10.0. The molecule has 0 saturated heterocycles. The molecule has 1 heterocycles. The number of aliphatic hydroxyl groups is 1. The number of hydrogen-bond acceptors (Lipinski definition) is 3. The summed E-state index contributed by atoms with van der Waals surface area (Å²) in [6.45, 7) is 5.50. The lowest BCUT2D eigenvalue weighted by Gasteiger charge is -2.23. The Kier molecular flexibility index (Phi) is 4.29. The van der Waals surface area contributed by atoms with Gasteiger partial charge in [-0.05, 0) is 19.9 Å². The van der Waals surface area contributed by atoms with E-state index in [9.17, 15) is 5.11 Å². The molecule has 1 aromatic rings. The topological polar surface area (TPSA) is 50.1 Å². The minimum absolute atomic E-state index is 0.577. The van der Waals surface area contributed by atoms with Crippen LogP contribution in [-0.2, 0) is 13.5 Å². The Labute approximate surface area is 91.3 Å². The largest absolute Gasteiger partial charge is 0.388 e.